The number of hydrogen-bond acceptors (Lipinski definition) is 1. The van der Waals surface area contributed by atoms with Crippen molar-refractivity contribution in [3.05, 3.63) is 47.6 Å². The largest absolute Gasteiger partial charge is 1.00 e. The maximum absolute atomic E-state index is 5.28. The van der Waals surface area contributed by atoms with Crippen molar-refractivity contribution in [3.8, 4) is 0 Å². The fraction of sp³-hybridized carbons (Fsp3) is 0.182. The van der Waals surface area contributed by atoms with Crippen molar-refractivity contribution in [2.45, 2.75) is 6.42 Å². The third-order valence-electron chi connectivity index (χ3n) is 2.11. The van der Waals surface area contributed by atoms with Gasteiger partial charge < -0.3 is 4.74 Å². The van der Waals surface area contributed by atoms with Crippen molar-refractivity contribution in [1.29, 1.82) is 0 Å². The number of fused-ring (bicyclic) bond motifs is 1. The number of methoxy groups -OCH3 is 1. The third kappa shape index (κ3) is 2.18. The molecule has 0 radical (unpaired) electrons. The molecule has 2 rings (SSSR count). The molecule has 0 amide bonds. The Labute approximate surface area is 101 Å². The van der Waals surface area contributed by atoms with Gasteiger partial charge in [-0.3, -0.25) is 0 Å². The summed E-state index contributed by atoms with van der Waals surface area (Å²) in [6.07, 6.45) is 6.24. The second-order valence-corrected chi connectivity index (χ2v) is 2.82. The zero-order valence-corrected chi connectivity index (χ0v) is 10.1. The first-order valence-electron chi connectivity index (χ1n) is 4.07. The van der Waals surface area contributed by atoms with E-state index in [0.717, 1.165) is 12.5 Å². The van der Waals surface area contributed by atoms with Gasteiger partial charge in [0.2, 0.25) is 0 Å². The van der Waals surface area contributed by atoms with E-state index in [1.54, 1.807) is 7.11 Å². The van der Waals surface area contributed by atoms with Crippen molar-refractivity contribution in [1.82, 2.24) is 0 Å². The Hall–Kier alpha value is -0.210. The van der Waals surface area contributed by atoms with Crippen LogP contribution in [0.4, 0.5) is 0 Å². The molecule has 0 spiro atoms. The molecule has 0 aromatic heterocycles. The minimum Gasteiger partial charge on any atom is -0.413 e. The normalized spacial score (nSPS) is 13.5. The summed E-state index contributed by atoms with van der Waals surface area (Å²) >= 11 is 0. The van der Waals surface area contributed by atoms with Crippen LogP contribution in [0.2, 0.25) is 0 Å². The van der Waals surface area contributed by atoms with Crippen molar-refractivity contribution in [3.63, 3.8) is 0 Å². The third-order valence-corrected chi connectivity index (χ3v) is 2.11. The topological polar surface area (TPSA) is 9.23 Å². The smallest absolute Gasteiger partial charge is 0.413 e. The van der Waals surface area contributed by atoms with E-state index in [9.17, 15) is 0 Å². The summed E-state index contributed by atoms with van der Waals surface area (Å²) in [4.78, 5) is 0. The van der Waals surface area contributed by atoms with Gasteiger partial charge >= 0.3 is 29.6 Å². The van der Waals surface area contributed by atoms with E-state index < -0.39 is 0 Å². The van der Waals surface area contributed by atoms with Gasteiger partial charge in [-0.2, -0.15) is 11.6 Å². The molecule has 0 aliphatic heterocycles. The molecule has 0 fully saturated rings. The van der Waals surface area contributed by atoms with Gasteiger partial charge in [0.1, 0.15) is 0 Å². The summed E-state index contributed by atoms with van der Waals surface area (Å²) < 4.78 is 5.28. The number of ether oxygens (including phenoxy) is 1. The first-order valence-corrected chi connectivity index (χ1v) is 4.07. The Bertz CT molecular complexity index is 307. The predicted molar refractivity (Wildman–Crippen MR) is 49.4 cm³/mol. The van der Waals surface area contributed by atoms with E-state index in [1.165, 1.54) is 11.1 Å². The Morgan fingerprint density at radius 2 is 2.08 bits per heavy atom. The van der Waals surface area contributed by atoms with Crippen LogP contribution in [0.5, 0.6) is 0 Å². The van der Waals surface area contributed by atoms with Gasteiger partial charge in [-0.25, -0.2) is 0 Å². The molecule has 1 aliphatic rings. The molecule has 0 N–H and O–H groups in total. The molecule has 0 saturated carbocycles. The molecule has 1 aromatic carbocycles. The van der Waals surface area contributed by atoms with Crippen LogP contribution in [-0.2, 0) is 4.74 Å². The Morgan fingerprint density at radius 3 is 2.85 bits per heavy atom. The summed E-state index contributed by atoms with van der Waals surface area (Å²) in [6, 6.07) is 8.28. The first kappa shape index (κ1) is 10.9. The van der Waals surface area contributed by atoms with Crippen LogP contribution in [0.15, 0.2) is 30.3 Å². The Kier molecular flexibility index (Phi) is 4.07. The second-order valence-electron chi connectivity index (χ2n) is 2.82. The van der Waals surface area contributed by atoms with Crippen LogP contribution in [0.1, 0.15) is 17.5 Å². The van der Waals surface area contributed by atoms with Crippen molar-refractivity contribution >= 4 is 6.08 Å². The van der Waals surface area contributed by atoms with E-state index >= 15 is 0 Å². The second kappa shape index (κ2) is 4.87. The van der Waals surface area contributed by atoms with E-state index in [2.05, 4.69) is 24.3 Å². The predicted octanol–water partition coefficient (Wildman–Crippen LogP) is -0.366. The molecule has 13 heavy (non-hydrogen) atoms. The molecule has 0 heterocycles. The van der Waals surface area contributed by atoms with Gasteiger partial charge in [0.15, 0.2) is 0 Å². The summed E-state index contributed by atoms with van der Waals surface area (Å²) in [5.41, 5.74) is 2.48. The maximum Gasteiger partial charge on any atom is 1.00 e. The van der Waals surface area contributed by atoms with Gasteiger partial charge in [0.25, 0.3) is 0 Å². The summed E-state index contributed by atoms with van der Waals surface area (Å²) in [7, 11) is 1.73. The molecule has 0 unspecified atom stereocenters. The quantitative estimate of drug-likeness (QED) is 0.425. The summed E-state index contributed by atoms with van der Waals surface area (Å²) in [5, 5.41) is 0. The molecule has 0 bridgehead atoms. The van der Waals surface area contributed by atoms with E-state index in [4.69, 9.17) is 4.74 Å². The Balaban J connectivity index is 0.000000845. The van der Waals surface area contributed by atoms with Crippen LogP contribution < -0.4 is 29.6 Å². The average molecular weight is 182 g/mol. The molecule has 1 nitrogen and oxygen atoms in total. The number of rotatable bonds is 1. The van der Waals surface area contributed by atoms with Crippen LogP contribution in [-0.4, -0.2) is 7.11 Å². The minimum atomic E-state index is 0. The van der Waals surface area contributed by atoms with E-state index in [0.29, 0.717) is 0 Å². The van der Waals surface area contributed by atoms with Crippen LogP contribution in [0, 0.1) is 6.10 Å². The van der Waals surface area contributed by atoms with E-state index in [-0.39, 0.29) is 29.6 Å². The average Bonchev–Trinajstić information content (AvgIpc) is 2.17. The van der Waals surface area contributed by atoms with Crippen LogP contribution in [0.3, 0.4) is 0 Å². The molecular formula is C11H11NaO. The molecule has 1 aromatic rings. The fourth-order valence-electron chi connectivity index (χ4n) is 1.49. The van der Waals surface area contributed by atoms with Gasteiger partial charge in [0.05, 0.1) is 0 Å². The summed E-state index contributed by atoms with van der Waals surface area (Å²) in [5.74, 6) is 0. The fourth-order valence-corrected chi connectivity index (χ4v) is 1.49. The van der Waals surface area contributed by atoms with Crippen molar-refractivity contribution in [2.75, 3.05) is 7.11 Å². The van der Waals surface area contributed by atoms with E-state index in [1.807, 2.05) is 12.1 Å². The standard InChI is InChI=1S/C11H11O.Na/c1-12-11-8-4-6-9-5-2-3-7-10(9)11;/h2-7H,8H2,1H3;/q-1;+1. The van der Waals surface area contributed by atoms with Crippen LogP contribution >= 0.6 is 0 Å². The zero-order chi connectivity index (χ0) is 8.39. The molecule has 0 atom stereocenters. The number of benzene rings is 1. The maximum atomic E-state index is 5.28. The molecule has 2 heteroatoms. The monoisotopic (exact) mass is 182 g/mol. The molecule has 0 saturated heterocycles. The van der Waals surface area contributed by atoms with Crippen LogP contribution in [0.25, 0.3) is 6.08 Å². The van der Waals surface area contributed by atoms with Gasteiger partial charge in [-0.15, -0.1) is 29.8 Å². The first-order chi connectivity index (χ1) is 5.92. The Morgan fingerprint density at radius 1 is 1.31 bits per heavy atom. The van der Waals surface area contributed by atoms with Gasteiger partial charge in [-0.1, -0.05) is 6.07 Å². The minimum absolute atomic E-state index is 0. The molecule has 62 valence electrons. The SMILES string of the molecule is CO[C-]1CC=Cc2ccccc21.[Na+]. The molecular weight excluding hydrogens is 171 g/mol. The number of hydrogen-bond donors (Lipinski definition) is 0. The zero-order valence-electron chi connectivity index (χ0n) is 8.08. The van der Waals surface area contributed by atoms with Gasteiger partial charge in [-0.05, 0) is 12.5 Å². The van der Waals surface area contributed by atoms with Crippen molar-refractivity contribution < 1.29 is 34.3 Å². The van der Waals surface area contributed by atoms with Crippen molar-refractivity contribution in [2.24, 2.45) is 0 Å². The van der Waals surface area contributed by atoms with Gasteiger partial charge in [0, 0.05) is 7.11 Å². The molecule has 1 aliphatic carbocycles. The summed E-state index contributed by atoms with van der Waals surface area (Å²) in [6.45, 7) is 0.